The van der Waals surface area contributed by atoms with Crippen LogP contribution in [0.25, 0.3) is 0 Å². The molecule has 0 amide bonds. The molecule has 0 aromatic heterocycles. The van der Waals surface area contributed by atoms with Crippen molar-refractivity contribution >= 4 is 41.5 Å². The molecule has 0 spiro atoms. The molecule has 1 aromatic carbocycles. The summed E-state index contributed by atoms with van der Waals surface area (Å²) in [4.78, 5) is 6.76. The van der Waals surface area contributed by atoms with Crippen LogP contribution in [0.4, 0.5) is 0 Å². The highest BCUT2D eigenvalue weighted by Crippen LogP contribution is 2.36. The van der Waals surface area contributed by atoms with E-state index < -0.39 is 0 Å². The van der Waals surface area contributed by atoms with E-state index in [1.165, 1.54) is 0 Å². The van der Waals surface area contributed by atoms with E-state index in [4.69, 9.17) is 25.8 Å². The molecule has 1 heterocycles. The van der Waals surface area contributed by atoms with Gasteiger partial charge >= 0.3 is 0 Å². The van der Waals surface area contributed by atoms with Gasteiger partial charge < -0.3 is 24.8 Å². The number of halogens is 2. The lowest BCUT2D eigenvalue weighted by atomic mass is 10.0. The number of ether oxygens (including phenoxy) is 3. The van der Waals surface area contributed by atoms with Gasteiger partial charge in [0.2, 0.25) is 0 Å². The fraction of sp³-hybridized carbons (Fsp3) is 0.650. The number of guanidine groups is 1. The summed E-state index contributed by atoms with van der Waals surface area (Å²) in [5.74, 6) is 1.94. The van der Waals surface area contributed by atoms with Gasteiger partial charge in [0.05, 0.1) is 32.0 Å². The molecular formula is C20H34ClIN4O3. The largest absolute Gasteiger partial charge is 0.493 e. The summed E-state index contributed by atoms with van der Waals surface area (Å²) in [6.07, 6.45) is 0. The second kappa shape index (κ2) is 12.7. The molecule has 29 heavy (non-hydrogen) atoms. The maximum atomic E-state index is 6.35. The van der Waals surface area contributed by atoms with E-state index in [0.717, 1.165) is 44.4 Å². The second-order valence-electron chi connectivity index (χ2n) is 7.23. The highest BCUT2D eigenvalue weighted by molar-refractivity contribution is 14.0. The predicted octanol–water partition coefficient (Wildman–Crippen LogP) is 3.14. The summed E-state index contributed by atoms with van der Waals surface area (Å²) >= 11 is 6.35. The average molecular weight is 541 g/mol. The molecule has 1 aliphatic rings. The maximum Gasteiger partial charge on any atom is 0.191 e. The quantitative estimate of drug-likeness (QED) is 0.300. The van der Waals surface area contributed by atoms with Crippen molar-refractivity contribution in [3.8, 4) is 11.5 Å². The molecule has 0 radical (unpaired) electrons. The topological polar surface area (TPSA) is 67.4 Å². The third-order valence-electron chi connectivity index (χ3n) is 4.82. The molecule has 0 bridgehead atoms. The number of benzene rings is 1. The number of hydrogen-bond acceptors (Lipinski definition) is 5. The molecule has 1 aromatic rings. The molecule has 0 unspecified atom stereocenters. The van der Waals surface area contributed by atoms with Gasteiger partial charge in [-0.2, -0.15) is 0 Å². The van der Waals surface area contributed by atoms with Gasteiger partial charge in [0.15, 0.2) is 17.5 Å². The highest BCUT2D eigenvalue weighted by atomic mass is 127. The van der Waals surface area contributed by atoms with Crippen LogP contribution in [0.3, 0.4) is 0 Å². The van der Waals surface area contributed by atoms with Gasteiger partial charge in [-0.15, -0.1) is 24.0 Å². The first-order chi connectivity index (χ1) is 13.4. The Morgan fingerprint density at radius 1 is 1.28 bits per heavy atom. The number of rotatable bonds is 8. The van der Waals surface area contributed by atoms with Crippen molar-refractivity contribution in [2.45, 2.75) is 32.9 Å². The van der Waals surface area contributed by atoms with Gasteiger partial charge in [-0.05, 0) is 38.5 Å². The molecule has 9 heteroatoms. The molecule has 7 nitrogen and oxygen atoms in total. The second-order valence-corrected chi connectivity index (χ2v) is 7.64. The molecule has 166 valence electrons. The standard InChI is InChI=1S/C20H33ClN4O3.HI/c1-6-28-18-16(21)11-15(12-17(18)26-5)13-23-19(22-4)24-14-20(2,3)25-7-9-27-10-8-25;/h11-12H,6-10,13-14H2,1-5H3,(H2,22,23,24);1H. The zero-order chi connectivity index (χ0) is 20.6. The van der Waals surface area contributed by atoms with Gasteiger partial charge in [-0.25, -0.2) is 0 Å². The van der Waals surface area contributed by atoms with Gasteiger partial charge in [-0.1, -0.05) is 11.6 Å². The Hall–Kier alpha value is -0.970. The Kier molecular flexibility index (Phi) is 11.4. The number of methoxy groups -OCH3 is 1. The van der Waals surface area contributed by atoms with Crippen LogP contribution >= 0.6 is 35.6 Å². The molecule has 2 N–H and O–H groups in total. The maximum absolute atomic E-state index is 6.35. The van der Waals surface area contributed by atoms with Crippen molar-refractivity contribution in [2.75, 3.05) is 53.6 Å². The van der Waals surface area contributed by atoms with Crippen LogP contribution in [0.15, 0.2) is 17.1 Å². The van der Waals surface area contributed by atoms with E-state index in [0.29, 0.717) is 29.7 Å². The minimum Gasteiger partial charge on any atom is -0.493 e. The number of hydrogen-bond donors (Lipinski definition) is 2. The molecule has 0 saturated carbocycles. The van der Waals surface area contributed by atoms with E-state index in [1.54, 1.807) is 14.2 Å². The average Bonchev–Trinajstić information content (AvgIpc) is 2.70. The van der Waals surface area contributed by atoms with Crippen LogP contribution in [0.2, 0.25) is 5.02 Å². The lowest BCUT2D eigenvalue weighted by Crippen LogP contribution is -2.56. The van der Waals surface area contributed by atoms with E-state index in [-0.39, 0.29) is 29.5 Å². The van der Waals surface area contributed by atoms with Crippen molar-refractivity contribution < 1.29 is 14.2 Å². The lowest BCUT2D eigenvalue weighted by Gasteiger charge is -2.41. The smallest absolute Gasteiger partial charge is 0.191 e. The number of nitrogens with zero attached hydrogens (tertiary/aromatic N) is 2. The summed E-state index contributed by atoms with van der Waals surface area (Å²) < 4.78 is 16.4. The number of aliphatic imine (C=N–C) groups is 1. The van der Waals surface area contributed by atoms with Gasteiger partial charge in [-0.3, -0.25) is 9.89 Å². The van der Waals surface area contributed by atoms with Gasteiger partial charge in [0.25, 0.3) is 0 Å². The van der Waals surface area contributed by atoms with Crippen LogP contribution in [-0.2, 0) is 11.3 Å². The molecule has 1 saturated heterocycles. The molecule has 0 aliphatic carbocycles. The van der Waals surface area contributed by atoms with Crippen LogP contribution in [0.5, 0.6) is 11.5 Å². The summed E-state index contributed by atoms with van der Waals surface area (Å²) in [5, 5.41) is 7.29. The summed E-state index contributed by atoms with van der Waals surface area (Å²) in [6.45, 7) is 11.7. The van der Waals surface area contributed by atoms with Gasteiger partial charge in [0, 0.05) is 38.8 Å². The zero-order valence-electron chi connectivity index (χ0n) is 18.0. The van der Waals surface area contributed by atoms with E-state index in [2.05, 4.69) is 34.4 Å². The first-order valence-corrected chi connectivity index (χ1v) is 10.1. The third kappa shape index (κ3) is 7.66. The molecule has 0 atom stereocenters. The Balaban J connectivity index is 0.00000420. The molecule has 1 aliphatic heterocycles. The molecular weight excluding hydrogens is 507 g/mol. The van der Waals surface area contributed by atoms with Crippen molar-refractivity contribution in [1.29, 1.82) is 0 Å². The lowest BCUT2D eigenvalue weighted by molar-refractivity contribution is -0.00834. The minimum atomic E-state index is 0. The van der Waals surface area contributed by atoms with Crippen molar-refractivity contribution in [3.63, 3.8) is 0 Å². The number of morpholine rings is 1. The van der Waals surface area contributed by atoms with E-state index in [9.17, 15) is 0 Å². The van der Waals surface area contributed by atoms with Crippen LogP contribution < -0.4 is 20.1 Å². The third-order valence-corrected chi connectivity index (χ3v) is 5.10. The fourth-order valence-corrected chi connectivity index (χ4v) is 3.43. The van der Waals surface area contributed by atoms with Crippen molar-refractivity contribution in [1.82, 2.24) is 15.5 Å². The van der Waals surface area contributed by atoms with Gasteiger partial charge in [0.1, 0.15) is 0 Å². The highest BCUT2D eigenvalue weighted by Gasteiger charge is 2.28. The minimum absolute atomic E-state index is 0. The number of nitrogens with one attached hydrogen (secondary N) is 2. The first kappa shape index (κ1) is 26.1. The van der Waals surface area contributed by atoms with Crippen LogP contribution in [0, 0.1) is 0 Å². The van der Waals surface area contributed by atoms with Crippen molar-refractivity contribution in [3.05, 3.63) is 22.7 Å². The Morgan fingerprint density at radius 3 is 2.55 bits per heavy atom. The summed E-state index contributed by atoms with van der Waals surface area (Å²) in [5.41, 5.74) is 0.994. The Bertz CT molecular complexity index is 667. The first-order valence-electron chi connectivity index (χ1n) is 9.67. The Morgan fingerprint density at radius 2 is 1.97 bits per heavy atom. The van der Waals surface area contributed by atoms with E-state index in [1.807, 2.05) is 19.1 Å². The zero-order valence-corrected chi connectivity index (χ0v) is 21.1. The predicted molar refractivity (Wildman–Crippen MR) is 129 cm³/mol. The van der Waals surface area contributed by atoms with E-state index >= 15 is 0 Å². The fourth-order valence-electron chi connectivity index (χ4n) is 3.15. The summed E-state index contributed by atoms with van der Waals surface area (Å²) in [7, 11) is 3.38. The van der Waals surface area contributed by atoms with Crippen molar-refractivity contribution in [2.24, 2.45) is 4.99 Å². The van der Waals surface area contributed by atoms with Crippen LogP contribution in [-0.4, -0.2) is 70.0 Å². The monoisotopic (exact) mass is 540 g/mol. The Labute approximate surface area is 196 Å². The normalized spacial score (nSPS) is 15.4. The summed E-state index contributed by atoms with van der Waals surface area (Å²) in [6, 6.07) is 3.81. The molecule has 1 fully saturated rings. The SMILES string of the molecule is CCOc1c(Cl)cc(CNC(=NC)NCC(C)(C)N2CCOCC2)cc1OC.I. The molecule has 2 rings (SSSR count). The van der Waals surface area contributed by atoms with Crippen LogP contribution in [0.1, 0.15) is 26.3 Å².